The normalized spacial score (nSPS) is 18.6. The summed E-state index contributed by atoms with van der Waals surface area (Å²) >= 11 is 0.242. The number of rotatable bonds is 1. The highest BCUT2D eigenvalue weighted by atomic mass is 127. The van der Waals surface area contributed by atoms with Crippen LogP contribution in [0.15, 0.2) is 18.2 Å². The van der Waals surface area contributed by atoms with Crippen LogP contribution in [0.25, 0.3) is 0 Å². The number of halogens is 1. The quantitative estimate of drug-likeness (QED) is 0.558. The summed E-state index contributed by atoms with van der Waals surface area (Å²) in [6.45, 7) is 4.53. The van der Waals surface area contributed by atoms with E-state index >= 15 is 0 Å². The minimum absolute atomic E-state index is 0.242. The van der Waals surface area contributed by atoms with Crippen molar-refractivity contribution in [2.45, 2.75) is 32.6 Å². The summed E-state index contributed by atoms with van der Waals surface area (Å²) in [6, 6.07) is 7.00. The Hall–Kier alpha value is -0.380. The average molecular weight is 329 g/mol. The third kappa shape index (κ3) is 2.17. The monoisotopic (exact) mass is 329 g/mol. The minimum atomic E-state index is 0.242. The van der Waals surface area contributed by atoms with Crippen LogP contribution >= 0.6 is 20.7 Å². The molecular weight excluding hydrogens is 309 g/mol. The smallest absolute Gasteiger partial charge is 0.0471 e. The fraction of sp³-hybridized carbons (Fsp3) is 0.500. The van der Waals surface area contributed by atoms with Crippen molar-refractivity contribution < 1.29 is 0 Å². The van der Waals surface area contributed by atoms with Gasteiger partial charge >= 0.3 is 0 Å². The zero-order valence-electron chi connectivity index (χ0n) is 10.5. The maximum atomic E-state index is 2.43. The molecule has 0 saturated carbocycles. The van der Waals surface area contributed by atoms with E-state index in [0.29, 0.717) is 5.92 Å². The third-order valence-electron chi connectivity index (χ3n) is 3.31. The Bertz CT molecular complexity index is 421. The molecule has 1 nitrogen and oxygen atoms in total. The van der Waals surface area contributed by atoms with Crippen molar-refractivity contribution in [3.63, 3.8) is 0 Å². The van der Waals surface area contributed by atoms with Gasteiger partial charge in [-0.15, -0.1) is 20.7 Å². The third-order valence-corrected chi connectivity index (χ3v) is 5.82. The summed E-state index contributed by atoms with van der Waals surface area (Å²) in [5, 5.41) is 0. The standard InChI is InChI=1S/C14H20IN/c1-10(2)11-5-7-13-12(9-11)6-8-14(15-3)16(13)4/h5,7,9-10H,6,8H2,1-4H3. The van der Waals surface area contributed by atoms with E-state index < -0.39 is 0 Å². The van der Waals surface area contributed by atoms with Gasteiger partial charge in [-0.05, 0) is 40.9 Å². The molecule has 0 unspecified atom stereocenters. The van der Waals surface area contributed by atoms with Gasteiger partial charge in [0.25, 0.3) is 0 Å². The number of hydrogen-bond acceptors (Lipinski definition) is 1. The Kier molecular flexibility index (Phi) is 3.67. The van der Waals surface area contributed by atoms with Gasteiger partial charge in [0.15, 0.2) is 0 Å². The van der Waals surface area contributed by atoms with Crippen molar-refractivity contribution in [3.8, 4) is 0 Å². The second-order valence-corrected chi connectivity index (χ2v) is 6.99. The van der Waals surface area contributed by atoms with Crippen molar-refractivity contribution in [1.82, 2.24) is 0 Å². The lowest BCUT2D eigenvalue weighted by Gasteiger charge is -2.30. The molecule has 0 aromatic heterocycles. The highest BCUT2D eigenvalue weighted by molar-refractivity contribution is 14.2. The van der Waals surface area contributed by atoms with Crippen LogP contribution in [-0.4, -0.2) is 15.6 Å². The molecule has 1 aliphatic heterocycles. The largest absolute Gasteiger partial charge is 0.343 e. The van der Waals surface area contributed by atoms with E-state index in [0.717, 1.165) is 0 Å². The van der Waals surface area contributed by atoms with Gasteiger partial charge in [0.2, 0.25) is 0 Å². The molecule has 0 bridgehead atoms. The first-order valence-corrected chi connectivity index (χ1v) is 9.09. The number of fused-ring (bicyclic) bond motifs is 1. The molecule has 0 aliphatic carbocycles. The molecule has 1 heterocycles. The van der Waals surface area contributed by atoms with E-state index in [1.165, 1.54) is 29.7 Å². The number of benzene rings is 1. The van der Waals surface area contributed by atoms with Gasteiger partial charge in [0.1, 0.15) is 0 Å². The van der Waals surface area contributed by atoms with Crippen molar-refractivity contribution in [1.29, 1.82) is 0 Å². The molecule has 2 rings (SSSR count). The summed E-state index contributed by atoms with van der Waals surface area (Å²) in [4.78, 5) is 4.79. The molecule has 1 aromatic rings. The van der Waals surface area contributed by atoms with Crippen LogP contribution in [0.3, 0.4) is 0 Å². The summed E-state index contributed by atoms with van der Waals surface area (Å²) in [6.07, 6.45) is 2.51. The molecule has 0 N–H and O–H groups in total. The van der Waals surface area contributed by atoms with Crippen LogP contribution in [0.2, 0.25) is 0 Å². The lowest BCUT2D eigenvalue weighted by atomic mass is 9.95. The molecule has 0 saturated heterocycles. The molecule has 0 fully saturated rings. The lowest BCUT2D eigenvalue weighted by molar-refractivity contribution is 0.857. The van der Waals surface area contributed by atoms with Gasteiger partial charge in [-0.3, -0.25) is 0 Å². The van der Waals surface area contributed by atoms with E-state index in [1.54, 1.807) is 3.63 Å². The summed E-state index contributed by atoms with van der Waals surface area (Å²) in [7, 11) is 2.23. The van der Waals surface area contributed by atoms with E-state index in [1.807, 2.05) is 0 Å². The molecule has 1 aromatic carbocycles. The maximum Gasteiger partial charge on any atom is 0.0471 e. The topological polar surface area (TPSA) is 3.24 Å². The predicted molar refractivity (Wildman–Crippen MR) is 82.2 cm³/mol. The molecule has 0 radical (unpaired) electrons. The number of hydrogen-bond donors (Lipinski definition) is 0. The van der Waals surface area contributed by atoms with Crippen molar-refractivity contribution in [2.24, 2.45) is 0 Å². The van der Waals surface area contributed by atoms with Crippen LogP contribution in [-0.2, 0) is 6.42 Å². The first-order valence-electron chi connectivity index (χ1n) is 5.85. The Labute approximate surface area is 109 Å². The molecule has 0 atom stereocenters. The Balaban J connectivity index is 2.41. The summed E-state index contributed by atoms with van der Waals surface area (Å²) < 4.78 is 1.67. The molecule has 0 spiro atoms. The molecule has 1 aliphatic rings. The average Bonchev–Trinajstić information content (AvgIpc) is 2.29. The first kappa shape index (κ1) is 12.1. The van der Waals surface area contributed by atoms with Gasteiger partial charge in [0, 0.05) is 16.4 Å². The molecule has 2 heteroatoms. The van der Waals surface area contributed by atoms with E-state index in [2.05, 4.69) is 48.9 Å². The second kappa shape index (κ2) is 4.86. The van der Waals surface area contributed by atoms with Crippen molar-refractivity contribution in [2.75, 3.05) is 16.9 Å². The molecule has 88 valence electrons. The van der Waals surface area contributed by atoms with Crippen LogP contribution in [0.5, 0.6) is 0 Å². The first-order chi connectivity index (χ1) is 7.63. The zero-order chi connectivity index (χ0) is 11.7. The van der Waals surface area contributed by atoms with E-state index in [9.17, 15) is 0 Å². The number of aryl methyl sites for hydroxylation is 1. The van der Waals surface area contributed by atoms with Crippen LogP contribution in [0.4, 0.5) is 5.69 Å². The van der Waals surface area contributed by atoms with Gasteiger partial charge in [0.05, 0.1) is 0 Å². The Morgan fingerprint density at radius 2 is 2.00 bits per heavy atom. The van der Waals surface area contributed by atoms with Crippen molar-refractivity contribution in [3.05, 3.63) is 29.3 Å². The maximum absolute atomic E-state index is 2.43. The minimum Gasteiger partial charge on any atom is -0.343 e. The Morgan fingerprint density at radius 1 is 1.25 bits per heavy atom. The zero-order valence-corrected chi connectivity index (χ0v) is 12.7. The highest BCUT2D eigenvalue weighted by Gasteiger charge is 2.18. The summed E-state index contributed by atoms with van der Waals surface area (Å²) in [5.74, 6) is 0.639. The van der Waals surface area contributed by atoms with E-state index in [4.69, 9.17) is 0 Å². The van der Waals surface area contributed by atoms with Crippen molar-refractivity contribution >= 4 is 30.1 Å². The van der Waals surface area contributed by atoms with Gasteiger partial charge in [-0.25, -0.2) is 0 Å². The number of anilines is 1. The SMILES string of the molecule is CI=C1CCc2cc(C(C)C)ccc2N1C. The van der Waals surface area contributed by atoms with Gasteiger partial charge in [-0.2, -0.15) is 0 Å². The Morgan fingerprint density at radius 3 is 2.62 bits per heavy atom. The highest BCUT2D eigenvalue weighted by Crippen LogP contribution is 2.31. The fourth-order valence-corrected chi connectivity index (χ4v) is 4.04. The predicted octanol–water partition coefficient (Wildman–Crippen LogP) is 3.92. The summed E-state index contributed by atoms with van der Waals surface area (Å²) in [5.41, 5.74) is 4.45. The van der Waals surface area contributed by atoms with Crippen LogP contribution in [0.1, 0.15) is 37.3 Å². The molecule has 0 amide bonds. The fourth-order valence-electron chi connectivity index (χ4n) is 2.25. The van der Waals surface area contributed by atoms with Crippen LogP contribution in [0, 0.1) is 0 Å². The second-order valence-electron chi connectivity index (χ2n) is 4.67. The molecular formula is C14H20IN. The van der Waals surface area contributed by atoms with Gasteiger partial charge < -0.3 is 4.90 Å². The number of alkyl halides is 1. The van der Waals surface area contributed by atoms with Crippen LogP contribution < -0.4 is 4.90 Å². The lowest BCUT2D eigenvalue weighted by Crippen LogP contribution is -2.29. The number of nitrogens with zero attached hydrogens (tertiary/aromatic N) is 1. The van der Waals surface area contributed by atoms with Gasteiger partial charge in [-0.1, -0.05) is 26.0 Å². The van der Waals surface area contributed by atoms with E-state index in [-0.39, 0.29) is 20.7 Å². The molecule has 16 heavy (non-hydrogen) atoms.